The van der Waals surface area contributed by atoms with Crippen LogP contribution < -0.4 is 9.80 Å². The molecule has 2 amide bonds. The smallest absolute Gasteiger partial charge is 0.253 e. The zero-order valence-corrected chi connectivity index (χ0v) is 47.7. The first kappa shape index (κ1) is 57.4. The maximum atomic E-state index is 14.0. The van der Waals surface area contributed by atoms with Crippen LogP contribution in [0.1, 0.15) is 183 Å². The molecule has 410 valence electrons. The molecule has 0 unspecified atom stereocenters. The van der Waals surface area contributed by atoms with E-state index in [1.165, 1.54) is 0 Å². The number of rotatable bonds is 27. The average Bonchev–Trinajstić information content (AvgIpc) is 3.88. The molecule has 14 heteroatoms. The number of unbranched alkanes of at least 4 members (excludes halogenated alkanes) is 7. The SMILES string of the molecule is CCCCN(CCCC)c1ccc(Cl)c2ccc(C3=C(O)c4cc(C(=O)N(CC)CCCCCCN(CC)C(=O)c5ccc6c(c5)C(O)=C(c5ccc7c(Cl)ccc(N(CCCC)CCCC)c7n5)C6=O)ccc4C3=O)nc12. The molecule has 2 aliphatic carbocycles. The largest absolute Gasteiger partial charge is 0.506 e. The second-order valence-corrected chi connectivity index (χ2v) is 21.3. The van der Waals surface area contributed by atoms with Gasteiger partial charge in [-0.15, -0.1) is 0 Å². The van der Waals surface area contributed by atoms with E-state index in [1.54, 1.807) is 58.3 Å². The van der Waals surface area contributed by atoms with E-state index in [0.717, 1.165) is 125 Å². The summed E-state index contributed by atoms with van der Waals surface area (Å²) in [7, 11) is 0. The second kappa shape index (κ2) is 26.3. The van der Waals surface area contributed by atoms with Gasteiger partial charge in [-0.3, -0.25) is 19.2 Å². The molecule has 0 saturated heterocycles. The van der Waals surface area contributed by atoms with Gasteiger partial charge in [-0.2, -0.15) is 0 Å². The molecule has 78 heavy (non-hydrogen) atoms. The van der Waals surface area contributed by atoms with Gasteiger partial charge in [0.1, 0.15) is 11.5 Å². The minimum absolute atomic E-state index is 0.100. The Hall–Kier alpha value is -6.76. The summed E-state index contributed by atoms with van der Waals surface area (Å²) < 4.78 is 0. The van der Waals surface area contributed by atoms with Crippen LogP contribution in [0.15, 0.2) is 84.9 Å². The lowest BCUT2D eigenvalue weighted by molar-refractivity contribution is 0.0747. The quantitative estimate of drug-likeness (QED) is 0.0478. The summed E-state index contributed by atoms with van der Waals surface area (Å²) in [5, 5.41) is 26.0. The number of carbonyl (C=O) groups excluding carboxylic acids is 4. The van der Waals surface area contributed by atoms with Crippen LogP contribution in [-0.4, -0.2) is 106 Å². The van der Waals surface area contributed by atoms with Gasteiger partial charge in [0, 0.05) is 96.5 Å². The zero-order chi connectivity index (χ0) is 55.6. The fraction of sp³-hybridized carbons (Fsp3) is 0.406. The second-order valence-electron chi connectivity index (χ2n) is 20.5. The average molecular weight is 1090 g/mol. The molecule has 0 saturated carbocycles. The normalized spacial score (nSPS) is 13.0. The third-order valence-corrected chi connectivity index (χ3v) is 15.9. The van der Waals surface area contributed by atoms with E-state index in [2.05, 4.69) is 37.5 Å². The molecule has 0 fully saturated rings. The summed E-state index contributed by atoms with van der Waals surface area (Å²) in [5.41, 5.74) is 6.15. The highest BCUT2D eigenvalue weighted by Gasteiger charge is 2.35. The minimum Gasteiger partial charge on any atom is -0.506 e. The van der Waals surface area contributed by atoms with Gasteiger partial charge in [-0.05, 0) is 137 Å². The molecule has 0 bridgehead atoms. The van der Waals surface area contributed by atoms with Crippen LogP contribution in [0.3, 0.4) is 0 Å². The van der Waals surface area contributed by atoms with Crippen LogP contribution in [0, 0.1) is 0 Å². The van der Waals surface area contributed by atoms with E-state index in [1.807, 2.05) is 50.2 Å². The number of fused-ring (bicyclic) bond motifs is 4. The summed E-state index contributed by atoms with van der Waals surface area (Å²) in [6, 6.07) is 24.7. The van der Waals surface area contributed by atoms with Crippen molar-refractivity contribution in [3.8, 4) is 0 Å². The standard InChI is InChI=1S/C64H74Cl2N6O6/c1-7-13-33-71(34-14-8-2)53-31-27-49(65)45-25-29-51(67-57(45)53)55-59(73)43-23-21-41(39-47(43)61(55)75)63(77)69(11-5)37-19-17-18-20-38-70(12-6)64(78)42-22-24-44-48(40-42)62(76)56(60(44)74)52-30-26-46-50(66)28-32-54(58(46)68-52)72(35-15-9-3)36-16-10-4/h21-32,39-40,75-76H,7-20,33-38H2,1-6H3. The number of allylic oxidation sites excluding steroid dienone is 2. The number of aliphatic hydroxyl groups excluding tert-OH is 2. The first-order valence-electron chi connectivity index (χ1n) is 28.3. The van der Waals surface area contributed by atoms with Gasteiger partial charge in [0.15, 0.2) is 11.6 Å². The van der Waals surface area contributed by atoms with Crippen molar-refractivity contribution in [1.82, 2.24) is 19.8 Å². The first-order chi connectivity index (χ1) is 37.8. The van der Waals surface area contributed by atoms with Crippen molar-refractivity contribution in [1.29, 1.82) is 0 Å². The number of nitrogens with zero attached hydrogens (tertiary/aromatic N) is 6. The van der Waals surface area contributed by atoms with Gasteiger partial charge in [0.2, 0.25) is 0 Å². The molecule has 0 radical (unpaired) electrons. The molecule has 6 aromatic rings. The van der Waals surface area contributed by atoms with Crippen LogP contribution in [0.25, 0.3) is 44.5 Å². The van der Waals surface area contributed by atoms with Gasteiger partial charge in [0.05, 0.1) is 55.0 Å². The third-order valence-electron chi connectivity index (χ3n) is 15.3. The monoisotopic (exact) mass is 1090 g/mol. The minimum atomic E-state index is -0.349. The molecular formula is C64H74Cl2N6O6. The Bertz CT molecular complexity index is 3060. The number of amides is 2. The highest BCUT2D eigenvalue weighted by atomic mass is 35.5. The fourth-order valence-electron chi connectivity index (χ4n) is 10.7. The number of hydrogen-bond acceptors (Lipinski definition) is 10. The highest BCUT2D eigenvalue weighted by Crippen LogP contribution is 2.41. The van der Waals surface area contributed by atoms with E-state index in [0.29, 0.717) is 92.0 Å². The number of hydrogen-bond donors (Lipinski definition) is 2. The zero-order valence-electron chi connectivity index (χ0n) is 46.2. The predicted molar refractivity (Wildman–Crippen MR) is 320 cm³/mol. The molecule has 12 nitrogen and oxygen atoms in total. The molecule has 0 aliphatic heterocycles. The van der Waals surface area contributed by atoms with E-state index in [4.69, 9.17) is 33.2 Å². The van der Waals surface area contributed by atoms with E-state index in [-0.39, 0.29) is 46.0 Å². The lowest BCUT2D eigenvalue weighted by atomic mass is 10.0. The molecule has 4 aromatic carbocycles. The van der Waals surface area contributed by atoms with Crippen molar-refractivity contribution >= 4 is 102 Å². The lowest BCUT2D eigenvalue weighted by Gasteiger charge is -2.26. The number of Topliss-reactive ketones (excluding diaryl/α,β-unsaturated/α-hetero) is 2. The van der Waals surface area contributed by atoms with Gasteiger partial charge in [-0.25, -0.2) is 9.97 Å². The Morgan fingerprint density at radius 1 is 0.449 bits per heavy atom. The first-order valence-corrected chi connectivity index (χ1v) is 29.1. The Morgan fingerprint density at radius 3 is 1.17 bits per heavy atom. The summed E-state index contributed by atoms with van der Waals surface area (Å²) in [6.45, 7) is 18.0. The van der Waals surface area contributed by atoms with Crippen LogP contribution >= 0.6 is 23.2 Å². The van der Waals surface area contributed by atoms with E-state index < -0.39 is 0 Å². The summed E-state index contributed by atoms with van der Waals surface area (Å²) in [6.07, 6.45) is 11.4. The summed E-state index contributed by atoms with van der Waals surface area (Å²) in [5.74, 6) is -1.48. The Labute approximate surface area is 469 Å². The topological polar surface area (TPSA) is 147 Å². The number of benzene rings is 4. The molecular weight excluding hydrogens is 1020 g/mol. The van der Waals surface area contributed by atoms with Crippen LogP contribution in [0.4, 0.5) is 11.4 Å². The number of carbonyl (C=O) groups is 4. The van der Waals surface area contributed by atoms with E-state index >= 15 is 0 Å². The number of aromatic nitrogens is 2. The van der Waals surface area contributed by atoms with Crippen LogP contribution in [0.2, 0.25) is 10.0 Å². The maximum absolute atomic E-state index is 14.0. The van der Waals surface area contributed by atoms with Gasteiger partial charge in [-0.1, -0.05) is 89.4 Å². The molecule has 2 N–H and O–H groups in total. The Balaban J connectivity index is 0.891. The molecule has 0 atom stereocenters. The molecule has 0 spiro atoms. The maximum Gasteiger partial charge on any atom is 0.253 e. The Kier molecular flexibility index (Phi) is 19.3. The van der Waals surface area contributed by atoms with Crippen LogP contribution in [-0.2, 0) is 0 Å². The highest BCUT2D eigenvalue weighted by molar-refractivity contribution is 6.40. The van der Waals surface area contributed by atoms with Crippen molar-refractivity contribution in [2.45, 2.75) is 119 Å². The number of anilines is 2. The van der Waals surface area contributed by atoms with Crippen LogP contribution in [0.5, 0.6) is 0 Å². The van der Waals surface area contributed by atoms with Crippen molar-refractivity contribution in [3.63, 3.8) is 0 Å². The number of pyridine rings is 2. The van der Waals surface area contributed by atoms with E-state index in [9.17, 15) is 29.4 Å². The molecule has 2 aromatic heterocycles. The van der Waals surface area contributed by atoms with Gasteiger partial charge in [0.25, 0.3) is 11.8 Å². The predicted octanol–water partition coefficient (Wildman–Crippen LogP) is 15.3. The van der Waals surface area contributed by atoms with Crippen molar-refractivity contribution in [2.24, 2.45) is 0 Å². The number of ketones is 2. The fourth-order valence-corrected chi connectivity index (χ4v) is 11.2. The Morgan fingerprint density at radius 2 is 0.821 bits per heavy atom. The number of aliphatic hydroxyl groups is 2. The summed E-state index contributed by atoms with van der Waals surface area (Å²) >= 11 is 13.4. The van der Waals surface area contributed by atoms with Crippen molar-refractivity contribution < 1.29 is 29.4 Å². The number of halogens is 2. The third kappa shape index (κ3) is 12.0. The van der Waals surface area contributed by atoms with Gasteiger partial charge < -0.3 is 29.8 Å². The summed E-state index contributed by atoms with van der Waals surface area (Å²) in [4.78, 5) is 74.1. The molecule has 2 heterocycles. The molecule has 2 aliphatic rings. The van der Waals surface area contributed by atoms with Gasteiger partial charge >= 0.3 is 0 Å². The van der Waals surface area contributed by atoms with Crippen molar-refractivity contribution in [2.75, 3.05) is 62.2 Å². The molecule has 8 rings (SSSR count). The van der Waals surface area contributed by atoms with Crippen molar-refractivity contribution in [3.05, 3.63) is 140 Å². The lowest BCUT2D eigenvalue weighted by Crippen LogP contribution is -2.32.